The van der Waals surface area contributed by atoms with E-state index in [9.17, 15) is 9.59 Å². The number of nitrogens with zero attached hydrogens (tertiary/aromatic N) is 3. The Morgan fingerprint density at radius 3 is 2.41 bits per heavy atom. The summed E-state index contributed by atoms with van der Waals surface area (Å²) in [5, 5.41) is 4.39. The number of carbonyl (C=O) groups excluding carboxylic acids is 2. The van der Waals surface area contributed by atoms with E-state index in [-0.39, 0.29) is 11.8 Å². The summed E-state index contributed by atoms with van der Waals surface area (Å²) in [6.07, 6.45) is 1.62. The van der Waals surface area contributed by atoms with E-state index in [0.29, 0.717) is 42.6 Å². The fourth-order valence-electron chi connectivity index (χ4n) is 3.79. The summed E-state index contributed by atoms with van der Waals surface area (Å²) in [7, 11) is 0. The summed E-state index contributed by atoms with van der Waals surface area (Å²) < 4.78 is 0. The maximum Gasteiger partial charge on any atom is 0.265 e. The zero-order valence-electron chi connectivity index (χ0n) is 18.1. The Kier molecular flexibility index (Phi) is 6.89. The van der Waals surface area contributed by atoms with Crippen molar-refractivity contribution in [1.82, 2.24) is 14.8 Å². The van der Waals surface area contributed by atoms with Crippen LogP contribution in [0.1, 0.15) is 20.8 Å². The van der Waals surface area contributed by atoms with Crippen molar-refractivity contribution in [3.8, 4) is 10.6 Å². The number of hydrogen-bond acceptors (Lipinski definition) is 5. The molecular formula is C24H25ClN4O2S. The Morgan fingerprint density at radius 1 is 1.03 bits per heavy atom. The number of aromatic nitrogens is 1. The van der Waals surface area contributed by atoms with E-state index in [2.05, 4.69) is 15.2 Å². The molecule has 1 saturated heterocycles. The molecule has 166 valence electrons. The lowest BCUT2D eigenvalue weighted by Gasteiger charge is -2.34. The number of rotatable bonds is 5. The Hall–Kier alpha value is -2.74. The van der Waals surface area contributed by atoms with Crippen molar-refractivity contribution in [3.05, 3.63) is 69.7 Å². The van der Waals surface area contributed by atoms with E-state index in [1.54, 1.807) is 6.20 Å². The fraction of sp³-hybridized carbons (Fsp3) is 0.292. The zero-order chi connectivity index (χ0) is 22.7. The third-order valence-corrected chi connectivity index (χ3v) is 6.94. The van der Waals surface area contributed by atoms with E-state index in [4.69, 9.17) is 11.6 Å². The summed E-state index contributed by atoms with van der Waals surface area (Å²) in [5.41, 5.74) is 3.81. The van der Waals surface area contributed by atoms with E-state index in [0.717, 1.165) is 27.4 Å². The number of anilines is 1. The van der Waals surface area contributed by atoms with Gasteiger partial charge in [-0.05, 0) is 31.0 Å². The first-order valence-electron chi connectivity index (χ1n) is 10.5. The quantitative estimate of drug-likeness (QED) is 0.599. The first-order chi connectivity index (χ1) is 15.4. The number of carbonyl (C=O) groups is 2. The van der Waals surface area contributed by atoms with Gasteiger partial charge < -0.3 is 10.2 Å². The van der Waals surface area contributed by atoms with E-state index < -0.39 is 0 Å². The van der Waals surface area contributed by atoms with Crippen LogP contribution in [-0.4, -0.2) is 59.3 Å². The van der Waals surface area contributed by atoms with Crippen LogP contribution in [0.3, 0.4) is 0 Å². The molecule has 0 spiro atoms. The number of para-hydroxylation sites is 1. The van der Waals surface area contributed by atoms with Crippen LogP contribution in [0.2, 0.25) is 5.02 Å². The number of nitrogens with one attached hydrogen (secondary N) is 1. The maximum atomic E-state index is 12.9. The van der Waals surface area contributed by atoms with Crippen molar-refractivity contribution >= 4 is 40.4 Å². The van der Waals surface area contributed by atoms with Crippen LogP contribution in [0, 0.1) is 13.8 Å². The Bertz CT molecular complexity index is 1120. The highest BCUT2D eigenvalue weighted by molar-refractivity contribution is 7.17. The van der Waals surface area contributed by atoms with Crippen LogP contribution in [0.4, 0.5) is 5.69 Å². The summed E-state index contributed by atoms with van der Waals surface area (Å²) in [6.45, 7) is 6.76. The molecular weight excluding hydrogens is 444 g/mol. The standard InChI is InChI=1S/C24H25ClN4O2S/c1-16-6-5-7-17(2)22(16)27-21(30)15-28-10-12-29(13-11-28)24(31)20-14-26-23(32-20)18-8-3-4-9-19(18)25/h3-9,14H,10-13,15H2,1-2H3,(H,27,30). The van der Waals surface area contributed by atoms with Gasteiger partial charge in [0.2, 0.25) is 5.91 Å². The van der Waals surface area contributed by atoms with E-state index >= 15 is 0 Å². The molecule has 2 amide bonds. The summed E-state index contributed by atoms with van der Waals surface area (Å²) in [4.78, 5) is 34.4. The summed E-state index contributed by atoms with van der Waals surface area (Å²) in [6, 6.07) is 13.4. The van der Waals surface area contributed by atoms with Gasteiger partial charge in [0.15, 0.2) is 0 Å². The van der Waals surface area contributed by atoms with Crippen LogP contribution in [0.15, 0.2) is 48.7 Å². The number of benzene rings is 2. The van der Waals surface area contributed by atoms with Crippen LogP contribution < -0.4 is 5.32 Å². The third-order valence-electron chi connectivity index (χ3n) is 5.59. The number of piperazine rings is 1. The lowest BCUT2D eigenvalue weighted by atomic mass is 10.1. The highest BCUT2D eigenvalue weighted by atomic mass is 35.5. The van der Waals surface area contributed by atoms with Crippen LogP contribution >= 0.6 is 22.9 Å². The molecule has 2 aromatic carbocycles. The van der Waals surface area contributed by atoms with Crippen molar-refractivity contribution in [1.29, 1.82) is 0 Å². The van der Waals surface area contributed by atoms with Crippen molar-refractivity contribution in [3.63, 3.8) is 0 Å². The highest BCUT2D eigenvalue weighted by Gasteiger charge is 2.25. The van der Waals surface area contributed by atoms with E-state index in [1.165, 1.54) is 11.3 Å². The number of hydrogen-bond donors (Lipinski definition) is 1. The zero-order valence-corrected chi connectivity index (χ0v) is 19.7. The molecule has 1 aliphatic rings. The molecule has 1 aromatic heterocycles. The molecule has 2 heterocycles. The lowest BCUT2D eigenvalue weighted by Crippen LogP contribution is -2.50. The minimum absolute atomic E-state index is 0.0274. The normalized spacial score (nSPS) is 14.4. The molecule has 32 heavy (non-hydrogen) atoms. The SMILES string of the molecule is Cc1cccc(C)c1NC(=O)CN1CCN(C(=O)c2cnc(-c3ccccc3Cl)s2)CC1. The van der Waals surface area contributed by atoms with Gasteiger partial charge in [-0.2, -0.15) is 0 Å². The van der Waals surface area contributed by atoms with Gasteiger partial charge in [0.25, 0.3) is 5.91 Å². The van der Waals surface area contributed by atoms with Gasteiger partial charge in [0, 0.05) is 37.4 Å². The van der Waals surface area contributed by atoms with Gasteiger partial charge in [-0.3, -0.25) is 14.5 Å². The van der Waals surface area contributed by atoms with Crippen molar-refractivity contribution in [2.45, 2.75) is 13.8 Å². The fourth-order valence-corrected chi connectivity index (χ4v) is 5.00. The molecule has 8 heteroatoms. The minimum atomic E-state index is -0.0333. The molecule has 1 N–H and O–H groups in total. The van der Waals surface area contributed by atoms with Gasteiger partial charge in [-0.15, -0.1) is 11.3 Å². The number of thiazole rings is 1. The van der Waals surface area contributed by atoms with Gasteiger partial charge in [0.05, 0.1) is 17.8 Å². The molecule has 0 saturated carbocycles. The van der Waals surface area contributed by atoms with Crippen molar-refractivity contribution in [2.75, 3.05) is 38.0 Å². The smallest absolute Gasteiger partial charge is 0.265 e. The van der Waals surface area contributed by atoms with Gasteiger partial charge in [0.1, 0.15) is 9.88 Å². The van der Waals surface area contributed by atoms with Gasteiger partial charge in [-0.25, -0.2) is 4.98 Å². The summed E-state index contributed by atoms with van der Waals surface area (Å²) in [5.74, 6) is -0.0607. The number of amides is 2. The topological polar surface area (TPSA) is 65.5 Å². The third kappa shape index (κ3) is 5.01. The molecule has 1 fully saturated rings. The Balaban J connectivity index is 1.31. The van der Waals surface area contributed by atoms with Crippen LogP contribution in [0.5, 0.6) is 0 Å². The molecule has 0 radical (unpaired) electrons. The average Bonchev–Trinajstić information content (AvgIpc) is 3.27. The molecule has 0 atom stereocenters. The first-order valence-corrected chi connectivity index (χ1v) is 11.7. The minimum Gasteiger partial charge on any atom is -0.335 e. The molecule has 4 rings (SSSR count). The second-order valence-corrected chi connectivity index (χ2v) is 9.33. The molecule has 6 nitrogen and oxygen atoms in total. The van der Waals surface area contributed by atoms with Crippen LogP contribution in [0.25, 0.3) is 10.6 Å². The Morgan fingerprint density at radius 2 is 1.72 bits per heavy atom. The maximum absolute atomic E-state index is 12.9. The molecule has 0 unspecified atom stereocenters. The molecule has 0 bridgehead atoms. The van der Waals surface area contributed by atoms with Gasteiger partial charge >= 0.3 is 0 Å². The monoisotopic (exact) mass is 468 g/mol. The second kappa shape index (κ2) is 9.81. The van der Waals surface area contributed by atoms with E-state index in [1.807, 2.05) is 61.2 Å². The largest absolute Gasteiger partial charge is 0.335 e. The number of halogens is 1. The average molecular weight is 469 g/mol. The lowest BCUT2D eigenvalue weighted by molar-refractivity contribution is -0.117. The Labute approximate surface area is 196 Å². The van der Waals surface area contributed by atoms with Crippen molar-refractivity contribution in [2.24, 2.45) is 0 Å². The molecule has 1 aliphatic heterocycles. The summed E-state index contributed by atoms with van der Waals surface area (Å²) >= 11 is 7.61. The predicted octanol–water partition coefficient (Wildman–Crippen LogP) is 4.48. The predicted molar refractivity (Wildman–Crippen MR) is 129 cm³/mol. The van der Waals surface area contributed by atoms with Crippen molar-refractivity contribution < 1.29 is 9.59 Å². The van der Waals surface area contributed by atoms with Gasteiger partial charge in [-0.1, -0.05) is 48.0 Å². The van der Waals surface area contributed by atoms with Crippen LogP contribution in [-0.2, 0) is 4.79 Å². The molecule has 3 aromatic rings. The molecule has 0 aliphatic carbocycles. The highest BCUT2D eigenvalue weighted by Crippen LogP contribution is 2.31. The number of aryl methyl sites for hydroxylation is 2. The first kappa shape index (κ1) is 22.5. The second-order valence-electron chi connectivity index (χ2n) is 7.89.